The van der Waals surface area contributed by atoms with Gasteiger partial charge in [0.1, 0.15) is 0 Å². The molecule has 0 spiro atoms. The summed E-state index contributed by atoms with van der Waals surface area (Å²) < 4.78 is 140. The van der Waals surface area contributed by atoms with Gasteiger partial charge in [0.2, 0.25) is 6.10 Å². The number of hydrogen-bond donors (Lipinski definition) is 2. The minimum atomic E-state index is -6.14. The highest BCUT2D eigenvalue weighted by molar-refractivity contribution is 5.02. The van der Waals surface area contributed by atoms with Crippen molar-refractivity contribution < 1.29 is 58.5 Å². The lowest BCUT2D eigenvalue weighted by molar-refractivity contribution is -0.388. The second-order valence-corrected chi connectivity index (χ2v) is 5.93. The van der Waals surface area contributed by atoms with Gasteiger partial charge in [0, 0.05) is 11.8 Å². The van der Waals surface area contributed by atoms with E-state index >= 15 is 0 Å². The van der Waals surface area contributed by atoms with Crippen molar-refractivity contribution in [3.63, 3.8) is 0 Å². The average molecular weight is 398 g/mol. The maximum atomic E-state index is 13.6. The lowest BCUT2D eigenvalue weighted by Crippen LogP contribution is -2.62. The third kappa shape index (κ3) is 3.96. The fraction of sp³-hybridized carbons (Fsp3) is 1.00. The van der Waals surface area contributed by atoms with Crippen LogP contribution in [0.25, 0.3) is 0 Å². The van der Waals surface area contributed by atoms with E-state index in [1.807, 2.05) is 0 Å². The smallest absolute Gasteiger partial charge is 0.379 e. The lowest BCUT2D eigenvalue weighted by Gasteiger charge is -2.43. The second kappa shape index (κ2) is 6.39. The van der Waals surface area contributed by atoms with Crippen molar-refractivity contribution in [2.24, 2.45) is 11.8 Å². The monoisotopic (exact) mass is 398 g/mol. The molecule has 0 aliphatic heterocycles. The van der Waals surface area contributed by atoms with Gasteiger partial charge in [-0.3, -0.25) is 0 Å². The second-order valence-electron chi connectivity index (χ2n) is 5.93. The Labute approximate surface area is 133 Å². The molecule has 1 atom stereocenters. The molecule has 0 saturated heterocycles. The van der Waals surface area contributed by atoms with Crippen molar-refractivity contribution in [1.29, 1.82) is 0 Å². The Morgan fingerprint density at radius 1 is 0.640 bits per heavy atom. The van der Waals surface area contributed by atoms with E-state index in [0.717, 1.165) is 0 Å². The van der Waals surface area contributed by atoms with Gasteiger partial charge in [0.15, 0.2) is 0 Å². The Morgan fingerprint density at radius 3 is 1.24 bits per heavy atom. The average Bonchev–Trinajstić information content (AvgIpc) is 2.42. The minimum Gasteiger partial charge on any atom is -0.379 e. The van der Waals surface area contributed by atoms with Crippen molar-refractivity contribution in [1.82, 2.24) is 0 Å². The van der Waals surface area contributed by atoms with Crippen molar-refractivity contribution in [2.45, 2.75) is 61.8 Å². The molecule has 1 aliphatic rings. The minimum absolute atomic E-state index is 1.15. The Balaban J connectivity index is 2.98. The van der Waals surface area contributed by atoms with Crippen LogP contribution in [0.5, 0.6) is 0 Å². The van der Waals surface area contributed by atoms with Crippen LogP contribution >= 0.6 is 0 Å². The molecule has 2 nitrogen and oxygen atoms in total. The Bertz CT molecular complexity index is 443. The molecule has 1 saturated carbocycles. The third-order valence-corrected chi connectivity index (χ3v) is 4.40. The van der Waals surface area contributed by atoms with Gasteiger partial charge in [-0.25, -0.2) is 8.78 Å². The standard InChI is InChI=1S/C12H13F11O2/c13-8(14,7(24)10(15,16)17)5-1-3-6(4-2-5)9(25,11(18,19)20)12(21,22)23/h5-7,24-25H,1-4H2. The highest BCUT2D eigenvalue weighted by Crippen LogP contribution is 2.54. The summed E-state index contributed by atoms with van der Waals surface area (Å²) in [5.41, 5.74) is -5.15. The van der Waals surface area contributed by atoms with Crippen LogP contribution in [0.15, 0.2) is 0 Å². The first kappa shape index (κ1) is 22.2. The number of alkyl halides is 11. The molecule has 0 bridgehead atoms. The predicted octanol–water partition coefficient (Wildman–Crippen LogP) is 4.21. The summed E-state index contributed by atoms with van der Waals surface area (Å²) >= 11 is 0. The Morgan fingerprint density at radius 2 is 0.960 bits per heavy atom. The van der Waals surface area contributed by atoms with E-state index in [4.69, 9.17) is 10.2 Å². The van der Waals surface area contributed by atoms with Crippen LogP contribution in [-0.4, -0.2) is 46.4 Å². The van der Waals surface area contributed by atoms with Crippen LogP contribution in [-0.2, 0) is 0 Å². The first-order chi connectivity index (χ1) is 10.9. The molecule has 0 amide bonds. The van der Waals surface area contributed by atoms with Gasteiger partial charge in [-0.15, -0.1) is 0 Å². The molecule has 0 aromatic heterocycles. The van der Waals surface area contributed by atoms with E-state index in [2.05, 4.69) is 0 Å². The van der Waals surface area contributed by atoms with Crippen LogP contribution in [0.3, 0.4) is 0 Å². The van der Waals surface area contributed by atoms with Gasteiger partial charge in [-0.2, -0.15) is 39.5 Å². The van der Waals surface area contributed by atoms with Gasteiger partial charge in [0.05, 0.1) is 0 Å². The van der Waals surface area contributed by atoms with E-state index in [-0.39, 0.29) is 0 Å². The van der Waals surface area contributed by atoms with Crippen LogP contribution in [0.4, 0.5) is 48.3 Å². The zero-order chi connectivity index (χ0) is 20.1. The van der Waals surface area contributed by atoms with Gasteiger partial charge in [-0.05, 0) is 25.7 Å². The normalized spacial score (nSPS) is 25.8. The van der Waals surface area contributed by atoms with Gasteiger partial charge in [0.25, 0.3) is 11.5 Å². The quantitative estimate of drug-likeness (QED) is 0.700. The Kier molecular flexibility index (Phi) is 5.67. The molecule has 0 aromatic rings. The van der Waals surface area contributed by atoms with Crippen LogP contribution in [0.1, 0.15) is 25.7 Å². The summed E-state index contributed by atoms with van der Waals surface area (Å²) in [7, 11) is 0. The third-order valence-electron chi connectivity index (χ3n) is 4.40. The molecule has 1 rings (SSSR count). The molecular weight excluding hydrogens is 385 g/mol. The molecule has 0 aromatic carbocycles. The van der Waals surface area contributed by atoms with E-state index in [9.17, 15) is 48.3 Å². The van der Waals surface area contributed by atoms with E-state index in [1.54, 1.807) is 0 Å². The SMILES string of the molecule is OC(C(F)(F)F)C(F)(F)C1CCC(C(O)(C(F)(F)F)C(F)(F)F)CC1. The zero-order valence-corrected chi connectivity index (χ0v) is 12.1. The predicted molar refractivity (Wildman–Crippen MR) is 59.5 cm³/mol. The van der Waals surface area contributed by atoms with E-state index in [1.165, 1.54) is 0 Å². The van der Waals surface area contributed by atoms with Gasteiger partial charge in [-0.1, -0.05) is 0 Å². The topological polar surface area (TPSA) is 40.5 Å². The summed E-state index contributed by atoms with van der Waals surface area (Å²) in [6, 6.07) is 0. The number of hydrogen-bond acceptors (Lipinski definition) is 2. The fourth-order valence-electron chi connectivity index (χ4n) is 2.96. The van der Waals surface area contributed by atoms with Crippen molar-refractivity contribution in [3.05, 3.63) is 0 Å². The van der Waals surface area contributed by atoms with Crippen LogP contribution < -0.4 is 0 Å². The maximum absolute atomic E-state index is 13.6. The molecule has 150 valence electrons. The fourth-order valence-corrected chi connectivity index (χ4v) is 2.96. The molecular formula is C12H13F11O2. The molecule has 1 fully saturated rings. The molecule has 0 radical (unpaired) electrons. The molecule has 1 aliphatic carbocycles. The zero-order valence-electron chi connectivity index (χ0n) is 12.1. The lowest BCUT2D eigenvalue weighted by atomic mass is 9.70. The summed E-state index contributed by atoms with van der Waals surface area (Å²) in [5.74, 6) is -9.59. The van der Waals surface area contributed by atoms with Crippen molar-refractivity contribution in [3.8, 4) is 0 Å². The summed E-state index contributed by atoms with van der Waals surface area (Å²) in [6.45, 7) is 0. The number of rotatable bonds is 3. The molecule has 25 heavy (non-hydrogen) atoms. The molecule has 0 heterocycles. The first-order valence-corrected chi connectivity index (χ1v) is 6.85. The number of halogens is 11. The number of aliphatic hydroxyl groups is 2. The van der Waals surface area contributed by atoms with Crippen LogP contribution in [0.2, 0.25) is 0 Å². The first-order valence-electron chi connectivity index (χ1n) is 6.85. The molecule has 13 heteroatoms. The molecule has 2 N–H and O–H groups in total. The van der Waals surface area contributed by atoms with E-state index in [0.29, 0.717) is 0 Å². The highest BCUT2D eigenvalue weighted by atomic mass is 19.4. The van der Waals surface area contributed by atoms with Gasteiger partial charge < -0.3 is 10.2 Å². The molecule has 1 unspecified atom stereocenters. The highest BCUT2D eigenvalue weighted by Gasteiger charge is 2.74. The van der Waals surface area contributed by atoms with E-state index < -0.39 is 73.7 Å². The van der Waals surface area contributed by atoms with Crippen LogP contribution in [0, 0.1) is 11.8 Å². The van der Waals surface area contributed by atoms with Crippen molar-refractivity contribution >= 4 is 0 Å². The van der Waals surface area contributed by atoms with Gasteiger partial charge >= 0.3 is 18.5 Å². The van der Waals surface area contributed by atoms with Crippen molar-refractivity contribution in [2.75, 3.05) is 0 Å². The summed E-state index contributed by atoms with van der Waals surface area (Å²) in [4.78, 5) is 0. The maximum Gasteiger partial charge on any atom is 0.426 e. The Hall–Kier alpha value is -0.850. The largest absolute Gasteiger partial charge is 0.426 e. The number of aliphatic hydroxyl groups excluding tert-OH is 1. The summed E-state index contributed by atoms with van der Waals surface area (Å²) in [6.07, 6.45) is -26.9. The summed E-state index contributed by atoms with van der Waals surface area (Å²) in [5, 5.41) is 17.8.